The summed E-state index contributed by atoms with van der Waals surface area (Å²) in [5, 5.41) is 3.78. The van der Waals surface area contributed by atoms with Gasteiger partial charge in [0.1, 0.15) is 11.6 Å². The first kappa shape index (κ1) is 13.8. The molecule has 0 aliphatic heterocycles. The molecule has 0 unspecified atom stereocenters. The molecule has 0 bridgehead atoms. The predicted molar refractivity (Wildman–Crippen MR) is 77.4 cm³/mol. The van der Waals surface area contributed by atoms with Crippen LogP contribution in [0.25, 0.3) is 0 Å². The van der Waals surface area contributed by atoms with Gasteiger partial charge < -0.3 is 10.1 Å². The second kappa shape index (κ2) is 7.12. The molecular weight excluding hydrogens is 260 g/mol. The van der Waals surface area contributed by atoms with Gasteiger partial charge >= 0.3 is 0 Å². The van der Waals surface area contributed by atoms with Gasteiger partial charge in [0, 0.05) is 12.7 Å². The maximum atomic E-state index is 6.16. The van der Waals surface area contributed by atoms with Crippen molar-refractivity contribution in [2.45, 2.75) is 20.1 Å². The second-order valence-electron chi connectivity index (χ2n) is 4.19. The van der Waals surface area contributed by atoms with Crippen LogP contribution in [0.2, 0.25) is 5.02 Å². The summed E-state index contributed by atoms with van der Waals surface area (Å²) >= 11 is 6.16. The van der Waals surface area contributed by atoms with Gasteiger partial charge in [-0.15, -0.1) is 0 Å². The molecule has 0 aliphatic carbocycles. The average Bonchev–Trinajstić information content (AvgIpc) is 2.45. The van der Waals surface area contributed by atoms with Gasteiger partial charge in [-0.05, 0) is 23.7 Å². The summed E-state index contributed by atoms with van der Waals surface area (Å²) in [5.74, 6) is 0.478. The number of aromatic nitrogens is 1. The lowest BCUT2D eigenvalue weighted by Crippen LogP contribution is -2.12. The van der Waals surface area contributed by atoms with Crippen molar-refractivity contribution in [2.75, 3.05) is 6.54 Å². The first-order chi connectivity index (χ1) is 9.29. The Morgan fingerprint density at radius 2 is 2.00 bits per heavy atom. The van der Waals surface area contributed by atoms with E-state index in [1.54, 1.807) is 6.20 Å². The van der Waals surface area contributed by atoms with Crippen molar-refractivity contribution >= 4 is 11.6 Å². The third-order valence-electron chi connectivity index (χ3n) is 2.66. The normalized spacial score (nSPS) is 10.4. The van der Waals surface area contributed by atoms with Gasteiger partial charge in [-0.25, -0.2) is 4.98 Å². The van der Waals surface area contributed by atoms with E-state index in [2.05, 4.69) is 17.2 Å². The van der Waals surface area contributed by atoms with E-state index in [0.29, 0.717) is 17.5 Å². The molecule has 2 aromatic rings. The lowest BCUT2D eigenvalue weighted by Gasteiger charge is -2.08. The smallest absolute Gasteiger partial charge is 0.232 e. The van der Waals surface area contributed by atoms with Crippen LogP contribution in [-0.4, -0.2) is 11.5 Å². The molecule has 3 nitrogen and oxygen atoms in total. The van der Waals surface area contributed by atoms with E-state index < -0.39 is 0 Å². The van der Waals surface area contributed by atoms with Crippen LogP contribution in [-0.2, 0) is 13.2 Å². The molecule has 100 valence electrons. The fourth-order valence-electron chi connectivity index (χ4n) is 1.66. The van der Waals surface area contributed by atoms with Crippen LogP contribution in [0, 0.1) is 0 Å². The van der Waals surface area contributed by atoms with Crippen molar-refractivity contribution in [3.8, 4) is 5.88 Å². The summed E-state index contributed by atoms with van der Waals surface area (Å²) in [6.07, 6.45) is 1.79. The Balaban J connectivity index is 1.97. The summed E-state index contributed by atoms with van der Waals surface area (Å²) in [6, 6.07) is 11.8. The molecule has 0 fully saturated rings. The highest BCUT2D eigenvalue weighted by Gasteiger charge is 2.05. The van der Waals surface area contributed by atoms with Gasteiger partial charge in [0.15, 0.2) is 0 Å². The lowest BCUT2D eigenvalue weighted by atomic mass is 10.2. The van der Waals surface area contributed by atoms with Crippen molar-refractivity contribution in [3.05, 3.63) is 58.7 Å². The number of benzene rings is 1. The quantitative estimate of drug-likeness (QED) is 0.878. The molecule has 0 atom stereocenters. The van der Waals surface area contributed by atoms with Gasteiger partial charge in [-0.3, -0.25) is 0 Å². The molecule has 4 heteroatoms. The molecule has 0 saturated heterocycles. The third kappa shape index (κ3) is 4.23. The topological polar surface area (TPSA) is 34.2 Å². The Kier molecular flexibility index (Phi) is 5.19. The molecule has 0 saturated carbocycles. The lowest BCUT2D eigenvalue weighted by molar-refractivity contribution is 0.294. The number of hydrogen-bond donors (Lipinski definition) is 1. The van der Waals surface area contributed by atoms with Crippen molar-refractivity contribution < 1.29 is 4.74 Å². The maximum Gasteiger partial charge on any atom is 0.232 e. The summed E-state index contributed by atoms with van der Waals surface area (Å²) in [7, 11) is 0. The monoisotopic (exact) mass is 276 g/mol. The van der Waals surface area contributed by atoms with Gasteiger partial charge in [0.05, 0.1) is 0 Å². The molecule has 0 aliphatic rings. The van der Waals surface area contributed by atoms with Crippen molar-refractivity contribution in [1.82, 2.24) is 10.3 Å². The van der Waals surface area contributed by atoms with E-state index in [9.17, 15) is 0 Å². The number of halogens is 1. The summed E-state index contributed by atoms with van der Waals surface area (Å²) < 4.78 is 5.62. The number of nitrogens with one attached hydrogen (secondary N) is 1. The molecule has 0 amide bonds. The van der Waals surface area contributed by atoms with Crippen molar-refractivity contribution in [2.24, 2.45) is 0 Å². The second-order valence-corrected chi connectivity index (χ2v) is 4.59. The van der Waals surface area contributed by atoms with Crippen LogP contribution in [0.3, 0.4) is 0 Å². The van der Waals surface area contributed by atoms with Gasteiger partial charge in [-0.1, -0.05) is 48.9 Å². The minimum atomic E-state index is 0.472. The Bertz CT molecular complexity index is 517. The van der Waals surface area contributed by atoms with Gasteiger partial charge in [0.2, 0.25) is 5.88 Å². The minimum Gasteiger partial charge on any atom is -0.472 e. The highest BCUT2D eigenvalue weighted by molar-refractivity contribution is 6.31. The van der Waals surface area contributed by atoms with Crippen molar-refractivity contribution in [1.29, 1.82) is 0 Å². The zero-order valence-electron chi connectivity index (χ0n) is 10.9. The summed E-state index contributed by atoms with van der Waals surface area (Å²) in [4.78, 5) is 4.25. The Morgan fingerprint density at radius 1 is 1.21 bits per heavy atom. The molecule has 0 radical (unpaired) electrons. The van der Waals surface area contributed by atoms with Crippen LogP contribution >= 0.6 is 11.6 Å². The van der Waals surface area contributed by atoms with E-state index in [1.165, 1.54) is 0 Å². The first-order valence-electron chi connectivity index (χ1n) is 6.31. The van der Waals surface area contributed by atoms with Crippen LogP contribution in [0.15, 0.2) is 42.6 Å². The molecular formula is C15H17ClN2O. The van der Waals surface area contributed by atoms with Gasteiger partial charge in [-0.2, -0.15) is 0 Å². The van der Waals surface area contributed by atoms with Crippen LogP contribution in [0.1, 0.15) is 18.1 Å². The largest absolute Gasteiger partial charge is 0.472 e. The van der Waals surface area contributed by atoms with E-state index >= 15 is 0 Å². The number of hydrogen-bond acceptors (Lipinski definition) is 3. The highest BCUT2D eigenvalue weighted by atomic mass is 35.5. The zero-order chi connectivity index (χ0) is 13.5. The molecule has 1 N–H and O–H groups in total. The fourth-order valence-corrected chi connectivity index (χ4v) is 1.91. The summed E-state index contributed by atoms with van der Waals surface area (Å²) in [6.45, 7) is 4.22. The number of rotatable bonds is 6. The van der Waals surface area contributed by atoms with E-state index in [4.69, 9.17) is 16.3 Å². The van der Waals surface area contributed by atoms with Crippen LogP contribution < -0.4 is 10.1 Å². The Hall–Kier alpha value is -1.58. The Morgan fingerprint density at radius 3 is 2.68 bits per heavy atom. The third-order valence-corrected chi connectivity index (χ3v) is 2.93. The van der Waals surface area contributed by atoms with Crippen LogP contribution in [0.4, 0.5) is 0 Å². The molecule has 19 heavy (non-hydrogen) atoms. The van der Waals surface area contributed by atoms with Gasteiger partial charge in [0.25, 0.3) is 0 Å². The SMILES string of the molecule is CCNCc1cnc(OCc2ccccc2)c(Cl)c1. The first-order valence-corrected chi connectivity index (χ1v) is 6.69. The highest BCUT2D eigenvalue weighted by Crippen LogP contribution is 2.23. The van der Waals surface area contributed by atoms with Crippen molar-refractivity contribution in [3.63, 3.8) is 0 Å². The van der Waals surface area contributed by atoms with E-state index in [-0.39, 0.29) is 0 Å². The summed E-state index contributed by atoms with van der Waals surface area (Å²) in [5.41, 5.74) is 2.15. The molecule has 0 spiro atoms. The Labute approximate surface area is 118 Å². The number of nitrogens with zero attached hydrogens (tertiary/aromatic N) is 1. The average molecular weight is 277 g/mol. The molecule has 2 rings (SSSR count). The molecule has 1 heterocycles. The maximum absolute atomic E-state index is 6.16. The zero-order valence-corrected chi connectivity index (χ0v) is 11.7. The van der Waals surface area contributed by atoms with E-state index in [0.717, 1.165) is 24.2 Å². The molecule has 1 aromatic carbocycles. The standard InChI is InChI=1S/C15H17ClN2O/c1-2-17-9-13-8-14(16)15(18-10-13)19-11-12-6-4-3-5-7-12/h3-8,10,17H,2,9,11H2,1H3. The number of ether oxygens (including phenoxy) is 1. The fraction of sp³-hybridized carbons (Fsp3) is 0.267. The predicted octanol–water partition coefficient (Wildman–Crippen LogP) is 3.42. The molecule has 1 aromatic heterocycles. The number of pyridine rings is 1. The van der Waals surface area contributed by atoms with Crippen LogP contribution in [0.5, 0.6) is 5.88 Å². The van der Waals surface area contributed by atoms with E-state index in [1.807, 2.05) is 36.4 Å². The minimum absolute atomic E-state index is 0.472.